The van der Waals surface area contributed by atoms with Crippen LogP contribution in [-0.2, 0) is 15.0 Å². The number of carbonyl (C=O) groups excluding carboxylic acids is 2. The van der Waals surface area contributed by atoms with Crippen LogP contribution in [0.1, 0.15) is 43.4 Å². The van der Waals surface area contributed by atoms with E-state index >= 15 is 0 Å². The molecule has 0 spiro atoms. The quantitative estimate of drug-likeness (QED) is 0.678. The molecule has 1 aromatic carbocycles. The average Bonchev–Trinajstić information content (AvgIpc) is 3.02. The number of fused-ring (bicyclic) bond motifs is 1. The summed E-state index contributed by atoms with van der Waals surface area (Å²) < 4.78 is 5.79. The van der Waals surface area contributed by atoms with Crippen LogP contribution in [0.5, 0.6) is 0 Å². The number of amides is 1. The largest absolute Gasteiger partial charge is 0.363 e. The number of nitrogens with two attached hydrogens (primary N) is 1. The lowest BCUT2D eigenvalue weighted by Gasteiger charge is -2.29. The maximum Gasteiger partial charge on any atom is 0.290 e. The fourth-order valence-corrected chi connectivity index (χ4v) is 3.62. The number of benzene rings is 1. The Kier molecular flexibility index (Phi) is 3.92. The molecule has 0 radical (unpaired) electrons. The Labute approximate surface area is 152 Å². The van der Waals surface area contributed by atoms with Gasteiger partial charge in [0.25, 0.3) is 11.7 Å². The maximum absolute atomic E-state index is 12.8. The predicted octanol–water partition coefficient (Wildman–Crippen LogP) is 2.78. The van der Waals surface area contributed by atoms with Gasteiger partial charge in [-0.25, -0.2) is 0 Å². The number of primary amides is 1. The van der Waals surface area contributed by atoms with Gasteiger partial charge < -0.3 is 10.3 Å². The third-order valence-electron chi connectivity index (χ3n) is 4.83. The Balaban J connectivity index is 2.45. The molecule has 0 saturated carbocycles. The second-order valence-corrected chi connectivity index (χ2v) is 8.10. The van der Waals surface area contributed by atoms with Crippen molar-refractivity contribution in [3.8, 4) is 0 Å². The number of aromatic nitrogens is 1. The van der Waals surface area contributed by atoms with Crippen molar-refractivity contribution in [1.29, 1.82) is 0 Å². The fraction of sp³-hybridized carbons (Fsp3) is 0.350. The van der Waals surface area contributed by atoms with Gasteiger partial charge in [0, 0.05) is 11.5 Å². The first-order valence-corrected chi connectivity index (χ1v) is 8.48. The summed E-state index contributed by atoms with van der Waals surface area (Å²) in [5.41, 5.74) is 9.26. The number of carbonyl (C=O) groups is 2. The van der Waals surface area contributed by atoms with Crippen LogP contribution in [0.2, 0.25) is 0 Å². The number of rotatable bonds is 3. The molecule has 0 aliphatic carbocycles. The van der Waals surface area contributed by atoms with Crippen LogP contribution in [0, 0.1) is 6.92 Å². The van der Waals surface area contributed by atoms with Crippen LogP contribution < -0.4 is 10.2 Å². The number of hydrogen-bond donors (Lipinski definition) is 1. The van der Waals surface area contributed by atoms with Crippen LogP contribution in [0.15, 0.2) is 28.8 Å². The highest BCUT2D eigenvalue weighted by Crippen LogP contribution is 2.49. The van der Waals surface area contributed by atoms with E-state index in [1.54, 1.807) is 0 Å². The smallest absolute Gasteiger partial charge is 0.290 e. The van der Waals surface area contributed by atoms with Crippen LogP contribution in [-0.4, -0.2) is 30.9 Å². The Morgan fingerprint density at radius 2 is 1.77 bits per heavy atom. The van der Waals surface area contributed by atoms with E-state index in [0.29, 0.717) is 21.5 Å². The van der Waals surface area contributed by atoms with E-state index in [4.69, 9.17) is 10.3 Å². The van der Waals surface area contributed by atoms with Gasteiger partial charge in [-0.1, -0.05) is 38.1 Å². The summed E-state index contributed by atoms with van der Waals surface area (Å²) in [5.74, 6) is -1.06. The first kappa shape index (κ1) is 18.1. The first-order valence-electron chi connectivity index (χ1n) is 8.48. The van der Waals surface area contributed by atoms with Crippen LogP contribution >= 0.6 is 0 Å². The highest BCUT2D eigenvalue weighted by atomic mass is 16.5. The number of ketones is 1. The van der Waals surface area contributed by atoms with Gasteiger partial charge in [-0.2, -0.15) is 0 Å². The Morgan fingerprint density at radius 3 is 2.35 bits per heavy atom. The highest BCUT2D eigenvalue weighted by Gasteiger charge is 2.47. The van der Waals surface area contributed by atoms with Crippen LogP contribution in [0.3, 0.4) is 0 Å². The minimum Gasteiger partial charge on any atom is -0.363 e. The predicted molar refractivity (Wildman–Crippen MR) is 101 cm³/mol. The number of nitrogens with zero attached hydrogens (tertiary/aromatic N) is 2. The molecule has 6 heteroatoms. The topological polar surface area (TPSA) is 86.2 Å². The molecule has 0 fully saturated rings. The van der Waals surface area contributed by atoms with Crippen molar-refractivity contribution in [1.82, 2.24) is 9.64 Å². The van der Waals surface area contributed by atoms with Gasteiger partial charge in [0.2, 0.25) is 0 Å². The summed E-state index contributed by atoms with van der Waals surface area (Å²) in [6.07, 6.45) is 0. The summed E-state index contributed by atoms with van der Waals surface area (Å²) in [4.78, 5) is 24.6. The molecule has 1 aromatic heterocycles. The van der Waals surface area contributed by atoms with Gasteiger partial charge in [0.05, 0.1) is 19.7 Å². The molecule has 2 N–H and O–H groups in total. The molecule has 1 aliphatic heterocycles. The minimum absolute atomic E-state index is 0.296. The van der Waals surface area contributed by atoms with E-state index in [2.05, 4.69) is 5.16 Å². The molecule has 0 saturated heterocycles. The average molecular weight is 354 g/mol. The van der Waals surface area contributed by atoms with Crippen molar-refractivity contribution in [2.24, 2.45) is 5.73 Å². The number of Topliss-reactive ketones (excluding diaryl/α,β-unsaturated/α-hetero) is 1. The molecule has 0 atom stereocenters. The summed E-state index contributed by atoms with van der Waals surface area (Å²) in [5, 5.41) is 4.25. The van der Waals surface area contributed by atoms with E-state index in [1.165, 1.54) is 0 Å². The normalized spacial score (nSPS) is 15.9. The number of hydrogen-bond acceptors (Lipinski definition) is 4. The van der Waals surface area contributed by atoms with Gasteiger partial charge in [-0.3, -0.25) is 14.1 Å². The molecule has 6 nitrogen and oxygen atoms in total. The zero-order valence-electron chi connectivity index (χ0n) is 16.0. The van der Waals surface area contributed by atoms with Crippen LogP contribution in [0.4, 0.5) is 5.69 Å². The number of para-hydroxylation sites is 1. The van der Waals surface area contributed by atoms with Crippen molar-refractivity contribution >= 4 is 28.6 Å². The van der Waals surface area contributed by atoms with Gasteiger partial charge in [-0.05, 0) is 13.0 Å². The Bertz CT molecular complexity index is 959. The molecule has 2 heterocycles. The molecule has 26 heavy (non-hydrogen) atoms. The second kappa shape index (κ2) is 5.64. The van der Waals surface area contributed by atoms with Crippen molar-refractivity contribution in [2.45, 2.75) is 33.1 Å². The fourth-order valence-electron chi connectivity index (χ4n) is 3.62. The first-order chi connectivity index (χ1) is 12.0. The van der Waals surface area contributed by atoms with Gasteiger partial charge in [0.15, 0.2) is 5.70 Å². The molecule has 0 bridgehead atoms. The van der Waals surface area contributed by atoms with E-state index in [1.807, 2.05) is 66.1 Å². The Hall–Kier alpha value is -2.73. The summed E-state index contributed by atoms with van der Waals surface area (Å²) in [6, 6.07) is 7.56. The Morgan fingerprint density at radius 1 is 1.15 bits per heavy atom. The van der Waals surface area contributed by atoms with E-state index in [0.717, 1.165) is 22.5 Å². The monoisotopic (exact) mass is 354 g/mol. The van der Waals surface area contributed by atoms with Crippen molar-refractivity contribution in [3.63, 3.8) is 0 Å². The zero-order chi connectivity index (χ0) is 19.4. The third-order valence-corrected chi connectivity index (χ3v) is 4.83. The molecular weight excluding hydrogens is 330 g/mol. The zero-order valence-corrected chi connectivity index (χ0v) is 16.0. The lowest BCUT2D eigenvalue weighted by Crippen LogP contribution is -2.37. The lowest BCUT2D eigenvalue weighted by atomic mass is 9.86. The van der Waals surface area contributed by atoms with Crippen molar-refractivity contribution in [3.05, 3.63) is 46.8 Å². The van der Waals surface area contributed by atoms with E-state index < -0.39 is 11.7 Å². The van der Waals surface area contributed by atoms with Crippen LogP contribution in [0.25, 0.3) is 11.3 Å². The van der Waals surface area contributed by atoms with E-state index in [-0.39, 0.29) is 5.41 Å². The minimum atomic E-state index is -0.972. The van der Waals surface area contributed by atoms with Gasteiger partial charge >= 0.3 is 0 Å². The molecule has 1 aliphatic rings. The van der Waals surface area contributed by atoms with Crippen molar-refractivity contribution < 1.29 is 14.1 Å². The third kappa shape index (κ3) is 2.49. The molecule has 0 unspecified atom stereocenters. The number of quaternary nitrogens is 1. The molecule has 136 valence electrons. The number of aryl methyl sites for hydroxylation is 1. The summed E-state index contributed by atoms with van der Waals surface area (Å²) >= 11 is 0. The summed E-state index contributed by atoms with van der Waals surface area (Å²) in [7, 11) is 3.96. The second-order valence-electron chi connectivity index (χ2n) is 8.10. The maximum atomic E-state index is 12.8. The molecule has 1 amide bonds. The lowest BCUT2D eigenvalue weighted by molar-refractivity contribution is -0.132. The molecule has 3 rings (SSSR count). The van der Waals surface area contributed by atoms with E-state index in [9.17, 15) is 9.59 Å². The highest BCUT2D eigenvalue weighted by molar-refractivity contribution is 6.56. The van der Waals surface area contributed by atoms with Crippen molar-refractivity contribution in [2.75, 3.05) is 14.1 Å². The standard InChI is InChI=1S/C20H23N3O3/c1-11-14(18(22-26-11)20(2,3)4)16-15(17(24)19(21)25)12-9-7-8-10-13(12)23(16,5)6/h7-10H,1-6H3,(H-,21,25)/p+1. The van der Waals surface area contributed by atoms with Gasteiger partial charge in [0.1, 0.15) is 28.3 Å². The molecule has 2 aromatic rings. The van der Waals surface area contributed by atoms with Gasteiger partial charge in [-0.15, -0.1) is 0 Å². The molecular formula is C20H24N3O3+. The SMILES string of the molecule is Cc1onc(C(C)(C)C)c1C1=C(C(=O)C(N)=O)c2ccccc2[N+]1(C)C. The summed E-state index contributed by atoms with van der Waals surface area (Å²) in [6.45, 7) is 7.92.